The van der Waals surface area contributed by atoms with E-state index in [1.165, 1.54) is 17.2 Å². The van der Waals surface area contributed by atoms with E-state index in [9.17, 15) is 14.4 Å². The fourth-order valence-corrected chi connectivity index (χ4v) is 5.55. The molecule has 0 radical (unpaired) electrons. The molecule has 10 nitrogen and oxygen atoms in total. The fraction of sp³-hybridized carbons (Fsp3) is 0.308. The molecule has 4 rings (SSSR count). The van der Waals surface area contributed by atoms with E-state index in [-0.39, 0.29) is 33.9 Å². The maximum absolute atomic E-state index is 13.5. The monoisotopic (exact) mass is 623 g/mol. The molecule has 3 aromatic rings. The minimum absolute atomic E-state index is 0.161. The minimum Gasteiger partial charge on any atom is -0.367 e. The number of pyridine rings is 1. The van der Waals surface area contributed by atoms with Gasteiger partial charge in [-0.1, -0.05) is 34.8 Å². The smallest absolute Gasteiger partial charge is 0.317 e. The van der Waals surface area contributed by atoms with Crippen LogP contribution in [0.5, 0.6) is 0 Å². The third-order valence-electron chi connectivity index (χ3n) is 6.25. The van der Waals surface area contributed by atoms with Crippen molar-refractivity contribution in [2.45, 2.75) is 13.5 Å². The van der Waals surface area contributed by atoms with Crippen molar-refractivity contribution < 1.29 is 14.4 Å². The zero-order chi connectivity index (χ0) is 28.8. The fourth-order valence-electron chi connectivity index (χ4n) is 3.96. The first-order valence-corrected chi connectivity index (χ1v) is 14.5. The summed E-state index contributed by atoms with van der Waals surface area (Å²) in [5.41, 5.74) is 1.68. The van der Waals surface area contributed by atoms with Crippen molar-refractivity contribution in [3.8, 4) is 0 Å². The van der Waals surface area contributed by atoms with Crippen molar-refractivity contribution in [3.63, 3.8) is 0 Å². The first-order valence-electron chi connectivity index (χ1n) is 12.5. The van der Waals surface area contributed by atoms with Crippen LogP contribution in [0.25, 0.3) is 0 Å². The number of hydrogen-bond donors (Lipinski definition) is 4. The molecule has 4 N–H and O–H groups in total. The summed E-state index contributed by atoms with van der Waals surface area (Å²) < 4.78 is 0. The quantitative estimate of drug-likeness (QED) is 0.274. The molecule has 40 heavy (non-hydrogen) atoms. The molecule has 0 atom stereocenters. The van der Waals surface area contributed by atoms with E-state index in [1.807, 2.05) is 6.92 Å². The third kappa shape index (κ3) is 7.15. The Labute approximate surface area is 251 Å². The van der Waals surface area contributed by atoms with E-state index in [2.05, 4.69) is 31.2 Å². The standard InChI is InChI=1S/C26H28Cl3N7O3S/c1-3-35(2)26(39)32-12-15-14-40-23(21(15)29)25(38)34-22-18(24(37)33-20-5-4-16(27)13-31-20)10-17(28)11-19(22)36-8-6-30-7-9-36/h4-5,10-11,13-14,30H,3,6-9,12H2,1-2H3,(H,32,39)(H,34,38)(H,31,33,37). The van der Waals surface area contributed by atoms with E-state index >= 15 is 0 Å². The highest BCUT2D eigenvalue weighted by Crippen LogP contribution is 2.36. The van der Waals surface area contributed by atoms with Crippen LogP contribution in [0, 0.1) is 0 Å². The molecule has 0 bridgehead atoms. The Morgan fingerprint density at radius 1 is 1.07 bits per heavy atom. The third-order valence-corrected chi connectivity index (χ3v) is 8.26. The van der Waals surface area contributed by atoms with Gasteiger partial charge in [0.15, 0.2) is 0 Å². The molecule has 1 fully saturated rings. The summed E-state index contributed by atoms with van der Waals surface area (Å²) in [6, 6.07) is 6.15. The number of carbonyl (C=O) groups excluding carboxylic acids is 3. The van der Waals surface area contributed by atoms with Crippen molar-refractivity contribution in [2.75, 3.05) is 55.3 Å². The van der Waals surface area contributed by atoms with Gasteiger partial charge in [0.2, 0.25) is 0 Å². The van der Waals surface area contributed by atoms with Gasteiger partial charge >= 0.3 is 6.03 Å². The van der Waals surface area contributed by atoms with Gasteiger partial charge in [-0.05, 0) is 36.6 Å². The van der Waals surface area contributed by atoms with Gasteiger partial charge in [0.1, 0.15) is 10.7 Å². The number of aromatic nitrogens is 1. The first kappa shape index (κ1) is 29.9. The van der Waals surface area contributed by atoms with E-state index in [4.69, 9.17) is 34.8 Å². The van der Waals surface area contributed by atoms with Gasteiger partial charge in [0.05, 0.1) is 27.0 Å². The van der Waals surface area contributed by atoms with E-state index in [0.717, 1.165) is 24.4 Å². The number of halogens is 3. The summed E-state index contributed by atoms with van der Waals surface area (Å²) in [5, 5.41) is 14.4. The number of carbonyl (C=O) groups is 3. The molecule has 1 saturated heterocycles. The second-order valence-electron chi connectivity index (χ2n) is 8.93. The van der Waals surface area contributed by atoms with Crippen LogP contribution in [0.15, 0.2) is 35.8 Å². The number of hydrogen-bond acceptors (Lipinski definition) is 7. The number of nitrogens with zero attached hydrogens (tertiary/aromatic N) is 3. The van der Waals surface area contributed by atoms with Crippen LogP contribution >= 0.6 is 46.1 Å². The SMILES string of the molecule is CCN(C)C(=O)NCc1csc(C(=O)Nc2c(C(=O)Nc3ccc(Cl)cn3)cc(Cl)cc2N2CCNCC2)c1Cl. The van der Waals surface area contributed by atoms with E-state index in [1.54, 1.807) is 30.6 Å². The van der Waals surface area contributed by atoms with Gasteiger partial charge in [-0.25, -0.2) is 9.78 Å². The van der Waals surface area contributed by atoms with Crippen molar-refractivity contribution in [1.29, 1.82) is 0 Å². The molecule has 3 heterocycles. The van der Waals surface area contributed by atoms with Gasteiger partial charge in [-0.15, -0.1) is 11.3 Å². The topological polar surface area (TPSA) is 119 Å². The highest BCUT2D eigenvalue weighted by Gasteiger charge is 2.26. The lowest BCUT2D eigenvalue weighted by Gasteiger charge is -2.32. The van der Waals surface area contributed by atoms with Crippen LogP contribution in [-0.4, -0.2) is 67.5 Å². The molecule has 0 spiro atoms. The lowest BCUT2D eigenvalue weighted by Crippen LogP contribution is -2.44. The van der Waals surface area contributed by atoms with E-state index in [0.29, 0.717) is 46.6 Å². The van der Waals surface area contributed by atoms with Crippen LogP contribution in [-0.2, 0) is 6.54 Å². The molecule has 2 aromatic heterocycles. The maximum Gasteiger partial charge on any atom is 0.317 e. The van der Waals surface area contributed by atoms with Gasteiger partial charge in [0.25, 0.3) is 11.8 Å². The van der Waals surface area contributed by atoms with Crippen LogP contribution in [0.3, 0.4) is 0 Å². The van der Waals surface area contributed by atoms with Gasteiger partial charge in [0, 0.05) is 63.1 Å². The molecule has 4 amide bonds. The lowest BCUT2D eigenvalue weighted by atomic mass is 10.1. The molecule has 1 aliphatic rings. The number of nitrogens with one attached hydrogen (secondary N) is 4. The molecule has 0 unspecified atom stereocenters. The number of amides is 4. The highest BCUT2D eigenvalue weighted by molar-refractivity contribution is 7.13. The molecule has 1 aromatic carbocycles. The number of benzene rings is 1. The summed E-state index contributed by atoms with van der Waals surface area (Å²) in [4.78, 5) is 47.0. The lowest BCUT2D eigenvalue weighted by molar-refractivity contribution is 0.102. The molecule has 1 aliphatic heterocycles. The van der Waals surface area contributed by atoms with Gasteiger partial charge in [-0.3, -0.25) is 9.59 Å². The number of rotatable bonds is 8. The summed E-state index contributed by atoms with van der Waals surface area (Å²) in [6.07, 6.45) is 1.42. The molecule has 14 heteroatoms. The maximum atomic E-state index is 13.5. The Balaban J connectivity index is 1.64. The van der Waals surface area contributed by atoms with Crippen molar-refractivity contribution >= 4 is 81.2 Å². The van der Waals surface area contributed by atoms with Crippen LogP contribution in [0.2, 0.25) is 15.1 Å². The minimum atomic E-state index is -0.510. The van der Waals surface area contributed by atoms with Gasteiger partial charge < -0.3 is 31.1 Å². The summed E-state index contributed by atoms with van der Waals surface area (Å²) in [7, 11) is 1.68. The van der Waals surface area contributed by atoms with Crippen LogP contribution < -0.4 is 26.2 Å². The summed E-state index contributed by atoms with van der Waals surface area (Å²) in [5.74, 6) is -0.711. The zero-order valence-electron chi connectivity index (χ0n) is 21.8. The molecular weight excluding hydrogens is 597 g/mol. The normalized spacial score (nSPS) is 13.1. The van der Waals surface area contributed by atoms with Crippen LogP contribution in [0.1, 0.15) is 32.5 Å². The Hall–Kier alpha value is -3.09. The van der Waals surface area contributed by atoms with Gasteiger partial charge in [-0.2, -0.15) is 0 Å². The number of urea groups is 1. The molecule has 0 saturated carbocycles. The molecule has 0 aliphatic carbocycles. The molecular formula is C26H28Cl3N7O3S. The number of thiophene rings is 1. The number of anilines is 3. The average molecular weight is 625 g/mol. The predicted molar refractivity (Wildman–Crippen MR) is 162 cm³/mol. The second kappa shape index (κ2) is 13.5. The zero-order valence-corrected chi connectivity index (χ0v) is 24.9. The number of piperazine rings is 1. The Bertz CT molecular complexity index is 1390. The van der Waals surface area contributed by atoms with Crippen molar-refractivity contribution in [1.82, 2.24) is 20.5 Å². The Kier molecular flexibility index (Phi) is 10.1. The second-order valence-corrected chi connectivity index (χ2v) is 11.1. The average Bonchev–Trinajstić information content (AvgIpc) is 3.33. The van der Waals surface area contributed by atoms with E-state index < -0.39 is 11.8 Å². The molecule has 212 valence electrons. The summed E-state index contributed by atoms with van der Waals surface area (Å²) in [6.45, 7) is 5.35. The van der Waals surface area contributed by atoms with Crippen molar-refractivity contribution in [2.24, 2.45) is 0 Å². The Morgan fingerprint density at radius 3 is 2.50 bits per heavy atom. The predicted octanol–water partition coefficient (Wildman–Crippen LogP) is 5.18. The Morgan fingerprint density at radius 2 is 1.82 bits per heavy atom. The highest BCUT2D eigenvalue weighted by atomic mass is 35.5. The summed E-state index contributed by atoms with van der Waals surface area (Å²) >= 11 is 20.1. The van der Waals surface area contributed by atoms with Crippen LogP contribution in [0.4, 0.5) is 22.0 Å². The van der Waals surface area contributed by atoms with Crippen molar-refractivity contribution in [3.05, 3.63) is 66.9 Å². The first-order chi connectivity index (χ1) is 19.2. The largest absolute Gasteiger partial charge is 0.367 e.